The minimum atomic E-state index is -0.930. The molecule has 146 valence electrons. The van der Waals surface area contributed by atoms with Crippen molar-refractivity contribution in [3.8, 4) is 0 Å². The molecule has 3 rings (SSSR count). The van der Waals surface area contributed by atoms with Crippen molar-refractivity contribution in [1.29, 1.82) is 0 Å². The van der Waals surface area contributed by atoms with E-state index in [1.54, 1.807) is 12.1 Å². The molecule has 1 aromatic rings. The highest BCUT2D eigenvalue weighted by Gasteiger charge is 2.33. The van der Waals surface area contributed by atoms with Gasteiger partial charge in [-0.2, -0.15) is 0 Å². The molecule has 9 heteroatoms. The Morgan fingerprint density at radius 1 is 1.37 bits per heavy atom. The van der Waals surface area contributed by atoms with Crippen LogP contribution >= 0.6 is 0 Å². The van der Waals surface area contributed by atoms with Crippen molar-refractivity contribution < 1.29 is 23.9 Å². The van der Waals surface area contributed by atoms with Crippen LogP contribution in [0.15, 0.2) is 18.2 Å². The van der Waals surface area contributed by atoms with Crippen LogP contribution in [0, 0.1) is 5.82 Å². The number of aliphatic carboxylic acids is 1. The van der Waals surface area contributed by atoms with Gasteiger partial charge in [0.15, 0.2) is 0 Å². The number of piperidine rings is 2. The first-order chi connectivity index (χ1) is 12.8. The van der Waals surface area contributed by atoms with E-state index in [2.05, 4.69) is 10.6 Å². The summed E-state index contributed by atoms with van der Waals surface area (Å²) < 4.78 is 14.6. The van der Waals surface area contributed by atoms with Gasteiger partial charge < -0.3 is 21.1 Å². The fourth-order valence-corrected chi connectivity index (χ4v) is 3.56. The molecule has 0 aromatic heterocycles. The zero-order chi connectivity index (χ0) is 19.6. The molecular formula is C18H23FN4O4. The molecule has 0 aliphatic carbocycles. The molecule has 1 unspecified atom stereocenters. The van der Waals surface area contributed by atoms with Crippen LogP contribution in [0.4, 0.5) is 15.8 Å². The number of carbonyl (C=O) groups is 3. The van der Waals surface area contributed by atoms with Crippen molar-refractivity contribution >= 4 is 29.2 Å². The average molecular weight is 378 g/mol. The van der Waals surface area contributed by atoms with Crippen LogP contribution in [-0.2, 0) is 14.4 Å². The molecule has 0 radical (unpaired) electrons. The van der Waals surface area contributed by atoms with Crippen LogP contribution in [0.1, 0.15) is 32.1 Å². The Hall–Kier alpha value is -2.68. The fourth-order valence-electron chi connectivity index (χ4n) is 3.56. The van der Waals surface area contributed by atoms with Crippen LogP contribution < -0.4 is 21.3 Å². The van der Waals surface area contributed by atoms with E-state index in [-0.39, 0.29) is 18.7 Å². The number of carboxylic acid groups (broad SMARTS) is 1. The summed E-state index contributed by atoms with van der Waals surface area (Å²) in [4.78, 5) is 35.7. The normalized spacial score (nSPS) is 22.3. The lowest BCUT2D eigenvalue weighted by Gasteiger charge is -2.39. The number of halogens is 1. The van der Waals surface area contributed by atoms with Gasteiger partial charge in [-0.1, -0.05) is 0 Å². The van der Waals surface area contributed by atoms with Crippen molar-refractivity contribution in [2.24, 2.45) is 5.73 Å². The van der Waals surface area contributed by atoms with Crippen LogP contribution in [0.3, 0.4) is 0 Å². The summed E-state index contributed by atoms with van der Waals surface area (Å²) in [6.45, 7) is 0.946. The summed E-state index contributed by atoms with van der Waals surface area (Å²) in [7, 11) is 0. The Kier molecular flexibility index (Phi) is 5.31. The van der Waals surface area contributed by atoms with E-state index in [0.29, 0.717) is 43.7 Å². The highest BCUT2D eigenvalue weighted by Crippen LogP contribution is 2.30. The smallest absolute Gasteiger partial charge is 0.305 e. The number of rotatable bonds is 5. The lowest BCUT2D eigenvalue weighted by Crippen LogP contribution is -2.51. The third-order valence-corrected chi connectivity index (χ3v) is 5.13. The summed E-state index contributed by atoms with van der Waals surface area (Å²) in [6, 6.07) is 4.06. The number of nitrogens with zero attached hydrogens (tertiary/aromatic N) is 1. The van der Waals surface area contributed by atoms with Crippen LogP contribution in [0.5, 0.6) is 0 Å². The maximum Gasteiger partial charge on any atom is 0.305 e. The van der Waals surface area contributed by atoms with Crippen LogP contribution in [0.2, 0.25) is 0 Å². The second-order valence-electron chi connectivity index (χ2n) is 7.23. The molecule has 1 aromatic carbocycles. The number of imide groups is 1. The number of nitrogens with one attached hydrogen (secondary N) is 2. The summed E-state index contributed by atoms with van der Waals surface area (Å²) >= 11 is 0. The molecule has 27 heavy (non-hydrogen) atoms. The van der Waals surface area contributed by atoms with Gasteiger partial charge in [0.2, 0.25) is 11.8 Å². The number of benzene rings is 1. The molecule has 2 fully saturated rings. The number of hydrogen-bond donors (Lipinski definition) is 4. The molecule has 2 saturated heterocycles. The third-order valence-electron chi connectivity index (χ3n) is 5.13. The SMILES string of the molecule is NC1(CC(=O)O)CCN(c2ccc(NC3CCC(=O)NC3=O)cc2F)CC1. The van der Waals surface area contributed by atoms with Crippen LogP contribution in [-0.4, -0.2) is 47.6 Å². The highest BCUT2D eigenvalue weighted by atomic mass is 19.1. The van der Waals surface area contributed by atoms with E-state index < -0.39 is 29.3 Å². The number of carbonyl (C=O) groups excluding carboxylic acids is 2. The second-order valence-corrected chi connectivity index (χ2v) is 7.23. The standard InChI is InChI=1S/C18H23FN4O4/c19-12-9-11(21-13-2-4-15(24)22-17(13)27)1-3-14(12)23-7-5-18(20,6-8-23)10-16(25)26/h1,3,9,13,21H,2,4-8,10,20H2,(H,25,26)(H,22,24,27). The summed E-state index contributed by atoms with van der Waals surface area (Å²) in [5.74, 6) is -2.08. The first kappa shape index (κ1) is 19.1. The molecule has 0 spiro atoms. The van der Waals surface area contributed by atoms with E-state index in [1.165, 1.54) is 6.07 Å². The molecule has 2 aliphatic heterocycles. The van der Waals surface area contributed by atoms with E-state index in [1.807, 2.05) is 4.90 Å². The topological polar surface area (TPSA) is 125 Å². The van der Waals surface area contributed by atoms with E-state index in [4.69, 9.17) is 10.8 Å². The Morgan fingerprint density at radius 2 is 2.07 bits per heavy atom. The van der Waals surface area contributed by atoms with Crippen LogP contribution in [0.25, 0.3) is 0 Å². The largest absolute Gasteiger partial charge is 0.481 e. The van der Waals surface area contributed by atoms with Gasteiger partial charge >= 0.3 is 5.97 Å². The van der Waals surface area contributed by atoms with E-state index >= 15 is 0 Å². The van der Waals surface area contributed by atoms with Gasteiger partial charge in [0.05, 0.1) is 12.1 Å². The van der Waals surface area contributed by atoms with Crippen molar-refractivity contribution in [2.75, 3.05) is 23.3 Å². The minimum Gasteiger partial charge on any atom is -0.481 e. The molecule has 8 nitrogen and oxygen atoms in total. The van der Waals surface area contributed by atoms with Crippen molar-refractivity contribution in [3.63, 3.8) is 0 Å². The molecule has 1 atom stereocenters. The van der Waals surface area contributed by atoms with E-state index in [0.717, 1.165) is 0 Å². The third kappa shape index (κ3) is 4.54. The lowest BCUT2D eigenvalue weighted by molar-refractivity contribution is -0.138. The zero-order valence-corrected chi connectivity index (χ0v) is 14.8. The molecular weight excluding hydrogens is 355 g/mol. The quantitative estimate of drug-likeness (QED) is 0.559. The molecule has 2 aliphatic rings. The first-order valence-electron chi connectivity index (χ1n) is 8.91. The van der Waals surface area contributed by atoms with Crippen molar-refractivity contribution in [3.05, 3.63) is 24.0 Å². The lowest BCUT2D eigenvalue weighted by atomic mass is 9.85. The van der Waals surface area contributed by atoms with Gasteiger partial charge in [-0.15, -0.1) is 0 Å². The van der Waals surface area contributed by atoms with Gasteiger partial charge in [-0.25, -0.2) is 4.39 Å². The van der Waals surface area contributed by atoms with Crippen molar-refractivity contribution in [2.45, 2.75) is 43.7 Å². The summed E-state index contributed by atoms with van der Waals surface area (Å²) in [6.07, 6.45) is 1.44. The zero-order valence-electron chi connectivity index (χ0n) is 14.8. The monoisotopic (exact) mass is 378 g/mol. The number of hydrogen-bond acceptors (Lipinski definition) is 6. The van der Waals surface area contributed by atoms with Gasteiger partial charge in [-0.3, -0.25) is 19.7 Å². The van der Waals surface area contributed by atoms with Gasteiger partial charge in [0.25, 0.3) is 0 Å². The summed E-state index contributed by atoms with van der Waals surface area (Å²) in [5.41, 5.74) is 6.24. The molecule has 0 bridgehead atoms. The molecule has 2 amide bonds. The average Bonchev–Trinajstić information content (AvgIpc) is 2.58. The van der Waals surface area contributed by atoms with Gasteiger partial charge in [-0.05, 0) is 37.5 Å². The van der Waals surface area contributed by atoms with E-state index in [9.17, 15) is 18.8 Å². The highest BCUT2D eigenvalue weighted by molar-refractivity contribution is 6.01. The summed E-state index contributed by atoms with van der Waals surface area (Å²) in [5, 5.41) is 14.1. The molecule has 2 heterocycles. The molecule has 0 saturated carbocycles. The maximum atomic E-state index is 14.6. The number of nitrogens with two attached hydrogens (primary N) is 1. The predicted octanol–water partition coefficient (Wildman–Crippen LogP) is 0.815. The first-order valence-corrected chi connectivity index (χ1v) is 8.91. The van der Waals surface area contributed by atoms with Crippen molar-refractivity contribution in [1.82, 2.24) is 5.32 Å². The van der Waals surface area contributed by atoms with Gasteiger partial charge in [0.1, 0.15) is 11.9 Å². The second kappa shape index (κ2) is 7.51. The Bertz CT molecular complexity index is 762. The van der Waals surface area contributed by atoms with Gasteiger partial charge in [0, 0.05) is 30.7 Å². The predicted molar refractivity (Wildman–Crippen MR) is 96.8 cm³/mol. The maximum absolute atomic E-state index is 14.6. The fraction of sp³-hybridized carbons (Fsp3) is 0.500. The Morgan fingerprint density at radius 3 is 2.67 bits per heavy atom. The number of carboxylic acids is 1. The number of anilines is 2. The Balaban J connectivity index is 1.63. The molecule has 5 N–H and O–H groups in total. The minimum absolute atomic E-state index is 0.0991. The number of amides is 2. The Labute approximate surface area is 155 Å².